The summed E-state index contributed by atoms with van der Waals surface area (Å²) in [6.45, 7) is 9.44. The van der Waals surface area contributed by atoms with Gasteiger partial charge in [-0.3, -0.25) is 4.79 Å². The number of aryl methyl sites for hydroxylation is 2. The third-order valence-corrected chi connectivity index (χ3v) is 4.36. The number of ether oxygens (including phenoxy) is 2. The smallest absolute Gasteiger partial charge is 0.270 e. The number of amidine groups is 1. The fraction of sp³-hybridized carbons (Fsp3) is 0.478. The van der Waals surface area contributed by atoms with Gasteiger partial charge in [0, 0.05) is 13.6 Å². The van der Waals surface area contributed by atoms with Crippen LogP contribution in [0.3, 0.4) is 0 Å². The second kappa shape index (κ2) is 15.7. The Balaban J connectivity index is 0.000000512. The number of nitrogens with two attached hydrogens (primary N) is 2. The maximum absolute atomic E-state index is 13.3. The van der Waals surface area contributed by atoms with Gasteiger partial charge in [-0.15, -0.1) is 5.10 Å². The molecule has 1 saturated heterocycles. The van der Waals surface area contributed by atoms with Crippen molar-refractivity contribution in [2.24, 2.45) is 16.7 Å². The van der Waals surface area contributed by atoms with Gasteiger partial charge in [0.15, 0.2) is 5.84 Å². The highest BCUT2D eigenvalue weighted by Gasteiger charge is 2.13. The van der Waals surface area contributed by atoms with Crippen LogP contribution in [0.2, 0.25) is 0 Å². The van der Waals surface area contributed by atoms with Crippen LogP contribution in [0.4, 0.5) is 4.39 Å². The predicted octanol–water partition coefficient (Wildman–Crippen LogP) is 1.01. The van der Waals surface area contributed by atoms with Crippen molar-refractivity contribution in [2.75, 3.05) is 33.5 Å². The lowest BCUT2D eigenvalue weighted by atomic mass is 10.1. The number of carbonyl (C=O) groups is 1. The van der Waals surface area contributed by atoms with Gasteiger partial charge in [0.1, 0.15) is 29.1 Å². The molecular weight excluding hydrogens is 457 g/mol. The molecule has 6 N–H and O–H groups in total. The van der Waals surface area contributed by atoms with Gasteiger partial charge in [0.05, 0.1) is 26.4 Å². The van der Waals surface area contributed by atoms with E-state index < -0.39 is 5.91 Å². The molecule has 11 nitrogen and oxygen atoms in total. The van der Waals surface area contributed by atoms with Gasteiger partial charge in [-0.1, -0.05) is 26.0 Å². The Kier molecular flexibility index (Phi) is 13.4. The van der Waals surface area contributed by atoms with Gasteiger partial charge in [-0.05, 0) is 37.1 Å². The molecule has 0 bridgehead atoms. The van der Waals surface area contributed by atoms with E-state index in [1.54, 1.807) is 26.0 Å². The lowest BCUT2D eigenvalue weighted by Crippen LogP contribution is -2.31. The minimum atomic E-state index is -0.400. The molecular formula is C23H36FN7O4. The number of hydrogen-bond donors (Lipinski definition) is 4. The van der Waals surface area contributed by atoms with Crippen molar-refractivity contribution in [3.63, 3.8) is 0 Å². The van der Waals surface area contributed by atoms with E-state index in [-0.39, 0.29) is 36.6 Å². The van der Waals surface area contributed by atoms with Crippen LogP contribution in [0, 0.1) is 19.7 Å². The normalized spacial score (nSPS) is 15.2. The zero-order valence-electron chi connectivity index (χ0n) is 20.9. The summed E-state index contributed by atoms with van der Waals surface area (Å²) in [6.07, 6.45) is -0.0799. The van der Waals surface area contributed by atoms with Crippen LogP contribution in [0.5, 0.6) is 0 Å². The van der Waals surface area contributed by atoms with Gasteiger partial charge < -0.3 is 25.6 Å². The van der Waals surface area contributed by atoms with Crippen LogP contribution in [0.1, 0.15) is 47.0 Å². The lowest BCUT2D eigenvalue weighted by molar-refractivity contribution is -0.105. The van der Waals surface area contributed by atoms with Crippen molar-refractivity contribution in [2.45, 2.75) is 40.3 Å². The van der Waals surface area contributed by atoms with E-state index in [0.717, 1.165) is 10.7 Å². The number of hydrogen-bond acceptors (Lipinski definition) is 9. The van der Waals surface area contributed by atoms with Crippen LogP contribution in [0.25, 0.3) is 0 Å². The maximum Gasteiger partial charge on any atom is 0.270 e. The van der Waals surface area contributed by atoms with Crippen molar-refractivity contribution in [1.29, 1.82) is 0 Å². The highest BCUT2D eigenvalue weighted by atomic mass is 19.1. The molecule has 2 aromatic rings. The first-order valence-corrected chi connectivity index (χ1v) is 11.2. The summed E-state index contributed by atoms with van der Waals surface area (Å²) >= 11 is 0. The zero-order valence-corrected chi connectivity index (χ0v) is 20.9. The number of aromatic nitrogens is 2. The van der Waals surface area contributed by atoms with Gasteiger partial charge >= 0.3 is 0 Å². The fourth-order valence-electron chi connectivity index (χ4n) is 2.77. The van der Waals surface area contributed by atoms with Crippen molar-refractivity contribution < 1.29 is 23.8 Å². The summed E-state index contributed by atoms with van der Waals surface area (Å²) in [5.74, 6) is 5.17. The summed E-state index contributed by atoms with van der Waals surface area (Å²) in [5.41, 5.74) is 7.55. The average Bonchev–Trinajstić information content (AvgIpc) is 2.86. The molecule has 35 heavy (non-hydrogen) atoms. The summed E-state index contributed by atoms with van der Waals surface area (Å²) in [5, 5.41) is 16.1. The number of aliphatic hydroxyl groups is 1. The van der Waals surface area contributed by atoms with Crippen LogP contribution in [-0.2, 0) is 16.0 Å². The Bertz CT molecular complexity index is 967. The Hall–Kier alpha value is -3.19. The first-order chi connectivity index (χ1) is 16.7. The standard InChI is InChI=1S/C16H20FN7O.C5H10O3.C2H6/c1-9-6-11(4-5-12(9)17)8-20-16(25)14-7-13(21-10(2)22-14)15(18)23-24(3)19;6-3-5-4-7-1-2-8-5;1-2/h4-7H,8,19H2,1-3H3,(H2,18,23)(H,20,25);5-6H,1-4H2;1-2H3/t;5-;/m.1./s1. The fourth-order valence-corrected chi connectivity index (χ4v) is 2.77. The van der Waals surface area contributed by atoms with Crippen molar-refractivity contribution in [3.8, 4) is 0 Å². The van der Waals surface area contributed by atoms with Gasteiger partial charge in [-0.25, -0.2) is 25.3 Å². The summed E-state index contributed by atoms with van der Waals surface area (Å²) in [7, 11) is 1.51. The number of rotatable bonds is 6. The second-order valence-corrected chi connectivity index (χ2v) is 7.26. The number of hydrazone groups is 1. The molecule has 3 rings (SSSR count). The van der Waals surface area contributed by atoms with Gasteiger partial charge in [-0.2, -0.15) is 0 Å². The molecule has 0 saturated carbocycles. The van der Waals surface area contributed by atoms with Crippen molar-refractivity contribution >= 4 is 11.7 Å². The maximum atomic E-state index is 13.3. The monoisotopic (exact) mass is 493 g/mol. The van der Waals surface area contributed by atoms with Gasteiger partial charge in [0.2, 0.25) is 0 Å². The van der Waals surface area contributed by atoms with E-state index in [1.807, 2.05) is 13.8 Å². The van der Waals surface area contributed by atoms with E-state index in [4.69, 9.17) is 26.2 Å². The van der Waals surface area contributed by atoms with E-state index in [1.165, 1.54) is 19.2 Å². The molecule has 1 aromatic carbocycles. The number of benzene rings is 1. The van der Waals surface area contributed by atoms with Crippen LogP contribution in [0.15, 0.2) is 29.4 Å². The number of carbonyl (C=O) groups excluding carboxylic acids is 1. The SMILES string of the molecule is CC.Cc1nc(C(=O)NCc2ccc(F)c(C)c2)cc(/C(N)=N/N(C)N)n1.OC[C@@H]1COCCO1. The first-order valence-electron chi connectivity index (χ1n) is 11.2. The lowest BCUT2D eigenvalue weighted by Gasteiger charge is -2.20. The summed E-state index contributed by atoms with van der Waals surface area (Å²) in [4.78, 5) is 20.6. The number of amides is 1. The molecule has 2 heterocycles. The molecule has 0 aliphatic carbocycles. The Morgan fingerprint density at radius 2 is 1.94 bits per heavy atom. The molecule has 12 heteroatoms. The first kappa shape index (κ1) is 29.8. The quantitative estimate of drug-likeness (QED) is 0.199. The number of halogens is 1. The molecule has 194 valence electrons. The summed E-state index contributed by atoms with van der Waals surface area (Å²) < 4.78 is 23.3. The zero-order chi connectivity index (χ0) is 26.4. The summed E-state index contributed by atoms with van der Waals surface area (Å²) in [6, 6.07) is 6.08. The molecule has 0 radical (unpaired) electrons. The molecule has 1 fully saturated rings. The molecule has 1 amide bonds. The number of aliphatic hydroxyl groups excluding tert-OH is 1. The number of nitrogens with zero attached hydrogens (tertiary/aromatic N) is 4. The molecule has 1 aromatic heterocycles. The molecule has 1 aliphatic rings. The van der Waals surface area contributed by atoms with E-state index in [9.17, 15) is 9.18 Å². The topological polar surface area (TPSA) is 161 Å². The largest absolute Gasteiger partial charge is 0.394 e. The highest BCUT2D eigenvalue weighted by Crippen LogP contribution is 2.09. The van der Waals surface area contributed by atoms with E-state index in [0.29, 0.717) is 36.9 Å². The van der Waals surface area contributed by atoms with Crippen molar-refractivity contribution in [1.82, 2.24) is 20.4 Å². The highest BCUT2D eigenvalue weighted by molar-refractivity contribution is 5.99. The number of nitrogens with one attached hydrogen (secondary N) is 1. The van der Waals surface area contributed by atoms with E-state index in [2.05, 4.69) is 20.4 Å². The molecule has 1 atom stereocenters. The van der Waals surface area contributed by atoms with Crippen LogP contribution >= 0.6 is 0 Å². The Labute approximate surface area is 205 Å². The minimum Gasteiger partial charge on any atom is -0.394 e. The third-order valence-electron chi connectivity index (χ3n) is 4.36. The molecule has 0 unspecified atom stereocenters. The number of hydrazine groups is 1. The van der Waals surface area contributed by atoms with Crippen LogP contribution < -0.4 is 16.9 Å². The molecule has 1 aliphatic heterocycles. The second-order valence-electron chi connectivity index (χ2n) is 7.26. The van der Waals surface area contributed by atoms with Gasteiger partial charge in [0.25, 0.3) is 5.91 Å². The average molecular weight is 494 g/mol. The van der Waals surface area contributed by atoms with Crippen molar-refractivity contribution in [3.05, 3.63) is 58.4 Å². The Morgan fingerprint density at radius 3 is 2.49 bits per heavy atom. The minimum absolute atomic E-state index is 0.0682. The predicted molar refractivity (Wildman–Crippen MR) is 131 cm³/mol. The Morgan fingerprint density at radius 1 is 1.26 bits per heavy atom. The third kappa shape index (κ3) is 10.7. The van der Waals surface area contributed by atoms with E-state index >= 15 is 0 Å². The van der Waals surface area contributed by atoms with Crippen LogP contribution in [-0.4, -0.2) is 71.5 Å². The molecule has 0 spiro atoms.